The zero-order valence-electron chi connectivity index (χ0n) is 31.5. The highest BCUT2D eigenvalue weighted by atomic mass is 15.2. The average Bonchev–Trinajstić information content (AvgIpc) is 3.97. The largest absolute Gasteiger partial charge is 0.307 e. The van der Waals surface area contributed by atoms with Crippen molar-refractivity contribution in [3.63, 3.8) is 0 Å². The van der Waals surface area contributed by atoms with E-state index < -0.39 is 0 Å². The molecule has 0 spiro atoms. The molecule has 13 rings (SSSR count). The number of hydrogen-bond acceptors (Lipinski definition) is 2. The van der Waals surface area contributed by atoms with E-state index in [1.807, 2.05) is 0 Å². The average molecular weight is 727 g/mol. The van der Waals surface area contributed by atoms with Gasteiger partial charge in [0.15, 0.2) is 0 Å². The maximum atomic E-state index is 5.70. The normalized spacial score (nSPS) is 13.6. The molecule has 8 aromatic carbocycles. The molecule has 0 N–H and O–H groups in total. The van der Waals surface area contributed by atoms with Crippen molar-refractivity contribution in [1.29, 1.82) is 0 Å². The van der Waals surface area contributed by atoms with Crippen LogP contribution in [0.25, 0.3) is 110 Å². The Morgan fingerprint density at radius 3 is 1.81 bits per heavy atom. The smallest absolute Gasteiger partial charge is 0.235 e. The van der Waals surface area contributed by atoms with Crippen LogP contribution in [0.4, 0.5) is 0 Å². The molecular weight excluding hydrogens is 693 g/mol. The summed E-state index contributed by atoms with van der Waals surface area (Å²) in [4.78, 5) is 11.3. The molecule has 4 aromatic heterocycles. The molecule has 266 valence electrons. The number of rotatable bonds is 3. The van der Waals surface area contributed by atoms with E-state index in [0.717, 1.165) is 28.0 Å². The summed E-state index contributed by atoms with van der Waals surface area (Å²) in [6.45, 7) is 4.64. The molecule has 4 nitrogen and oxygen atoms in total. The Labute approximate surface area is 328 Å². The van der Waals surface area contributed by atoms with Crippen molar-refractivity contribution in [2.45, 2.75) is 19.3 Å². The van der Waals surface area contributed by atoms with Crippen LogP contribution < -0.4 is 0 Å². The summed E-state index contributed by atoms with van der Waals surface area (Å²) >= 11 is 0. The van der Waals surface area contributed by atoms with Crippen LogP contribution in [0.1, 0.15) is 25.0 Å². The number of nitrogens with zero attached hydrogens (tertiary/aromatic N) is 4. The van der Waals surface area contributed by atoms with Crippen molar-refractivity contribution in [1.82, 2.24) is 18.9 Å². The van der Waals surface area contributed by atoms with Crippen LogP contribution in [0.5, 0.6) is 0 Å². The molecule has 0 radical (unpaired) electrons. The van der Waals surface area contributed by atoms with Crippen LogP contribution in [0.3, 0.4) is 0 Å². The van der Waals surface area contributed by atoms with Gasteiger partial charge in [0.1, 0.15) is 0 Å². The lowest BCUT2D eigenvalue weighted by molar-refractivity contribution is 0.657. The Hall–Kier alpha value is -7.30. The van der Waals surface area contributed by atoms with E-state index in [1.165, 1.54) is 87.5 Å². The molecular formula is C53H34N4. The third-order valence-corrected chi connectivity index (χ3v) is 12.8. The summed E-state index contributed by atoms with van der Waals surface area (Å²) in [5.41, 5.74) is 14.7. The van der Waals surface area contributed by atoms with Crippen LogP contribution >= 0.6 is 0 Å². The van der Waals surface area contributed by atoms with Crippen molar-refractivity contribution in [3.05, 3.63) is 181 Å². The highest BCUT2D eigenvalue weighted by Gasteiger charge is 2.40. The van der Waals surface area contributed by atoms with Gasteiger partial charge in [-0.3, -0.25) is 4.57 Å². The molecule has 0 unspecified atom stereocenters. The summed E-state index contributed by atoms with van der Waals surface area (Å²) < 4.78 is 4.89. The summed E-state index contributed by atoms with van der Waals surface area (Å²) in [5.74, 6) is 0.678. The van der Waals surface area contributed by atoms with E-state index >= 15 is 0 Å². The second kappa shape index (κ2) is 10.9. The van der Waals surface area contributed by atoms with Crippen LogP contribution in [-0.4, -0.2) is 18.9 Å². The molecule has 0 aliphatic heterocycles. The Balaban J connectivity index is 1.20. The third-order valence-electron chi connectivity index (χ3n) is 12.8. The van der Waals surface area contributed by atoms with Gasteiger partial charge in [-0.25, -0.2) is 9.97 Å². The number of hydrogen-bond donors (Lipinski definition) is 0. The first kappa shape index (κ1) is 31.0. The van der Waals surface area contributed by atoms with E-state index in [4.69, 9.17) is 9.97 Å². The van der Waals surface area contributed by atoms with Crippen molar-refractivity contribution in [3.8, 4) is 39.6 Å². The van der Waals surface area contributed by atoms with E-state index in [0.29, 0.717) is 5.95 Å². The van der Waals surface area contributed by atoms with Gasteiger partial charge in [0.2, 0.25) is 5.95 Å². The first-order valence-corrected chi connectivity index (χ1v) is 19.8. The topological polar surface area (TPSA) is 35.1 Å². The Morgan fingerprint density at radius 2 is 0.982 bits per heavy atom. The first-order chi connectivity index (χ1) is 28.1. The van der Waals surface area contributed by atoms with Crippen molar-refractivity contribution in [2.24, 2.45) is 0 Å². The highest BCUT2D eigenvalue weighted by Crippen LogP contribution is 2.52. The lowest BCUT2D eigenvalue weighted by Crippen LogP contribution is -2.18. The van der Waals surface area contributed by atoms with Gasteiger partial charge < -0.3 is 4.40 Å². The minimum absolute atomic E-state index is 0.293. The van der Waals surface area contributed by atoms with E-state index in [1.54, 1.807) is 0 Å². The van der Waals surface area contributed by atoms with Gasteiger partial charge >= 0.3 is 0 Å². The molecule has 0 bridgehead atoms. The third kappa shape index (κ3) is 3.92. The monoisotopic (exact) mass is 726 g/mol. The molecule has 0 fully saturated rings. The summed E-state index contributed by atoms with van der Waals surface area (Å²) in [5, 5.41) is 9.95. The van der Waals surface area contributed by atoms with E-state index in [9.17, 15) is 0 Å². The molecule has 0 saturated carbocycles. The fraction of sp³-hybridized carbons (Fsp3) is 0.0566. The van der Waals surface area contributed by atoms with Gasteiger partial charge in [-0.2, -0.15) is 0 Å². The molecule has 12 aromatic rings. The second-order valence-electron chi connectivity index (χ2n) is 16.1. The van der Waals surface area contributed by atoms with Gasteiger partial charge in [0.05, 0.1) is 39.0 Å². The van der Waals surface area contributed by atoms with Gasteiger partial charge in [0, 0.05) is 59.8 Å². The van der Waals surface area contributed by atoms with Crippen LogP contribution in [0.15, 0.2) is 170 Å². The lowest BCUT2D eigenvalue weighted by Gasteiger charge is -2.24. The quantitative estimate of drug-likeness (QED) is 0.182. The Morgan fingerprint density at radius 1 is 0.404 bits per heavy atom. The predicted octanol–water partition coefficient (Wildman–Crippen LogP) is 13.5. The van der Waals surface area contributed by atoms with E-state index in [-0.39, 0.29) is 5.41 Å². The summed E-state index contributed by atoms with van der Waals surface area (Å²) in [6.07, 6.45) is 0. The van der Waals surface area contributed by atoms with Crippen LogP contribution in [-0.2, 0) is 5.41 Å². The maximum absolute atomic E-state index is 5.70. The minimum atomic E-state index is -0.293. The molecule has 1 aliphatic carbocycles. The molecule has 0 amide bonds. The molecule has 4 heteroatoms. The Bertz CT molecular complexity index is 3640. The van der Waals surface area contributed by atoms with Gasteiger partial charge in [-0.1, -0.05) is 172 Å². The molecule has 57 heavy (non-hydrogen) atoms. The number of para-hydroxylation sites is 3. The SMILES string of the molecule is CC1(C)c2ccccc2-c2nc(-n3c4ccccc4c4c3c3ccccc3c3c5cccc6c7ccccc7n(c65)c34)nc(-c3ccc(-c4ccccc4)cc3)c21. The van der Waals surface area contributed by atoms with Crippen LogP contribution in [0.2, 0.25) is 0 Å². The summed E-state index contributed by atoms with van der Waals surface area (Å²) in [6, 6.07) is 61.7. The standard InChI is InChI=1S/C53H34N4/c1-53(2)41-24-11-8-20-38(41)48-46(53)47(33-29-27-32(28-30-33)31-15-4-3-5-16-31)54-52(55-48)57-43-26-13-10-21-39(43)45-50(57)37-19-7-6-18-35(37)44-40-23-14-22-36-34-17-9-12-25-42(34)56(49(36)40)51(44)45/h3-30H,1-2H3. The zero-order chi connectivity index (χ0) is 37.6. The zero-order valence-corrected chi connectivity index (χ0v) is 31.5. The maximum Gasteiger partial charge on any atom is 0.235 e. The molecule has 4 heterocycles. The Kier molecular flexibility index (Phi) is 5.94. The second-order valence-corrected chi connectivity index (χ2v) is 16.1. The first-order valence-electron chi connectivity index (χ1n) is 19.8. The fourth-order valence-corrected chi connectivity index (χ4v) is 10.4. The van der Waals surface area contributed by atoms with Gasteiger partial charge in [-0.05, 0) is 34.2 Å². The lowest BCUT2D eigenvalue weighted by atomic mass is 9.81. The highest BCUT2D eigenvalue weighted by molar-refractivity contribution is 6.39. The number of fused-ring (bicyclic) bond motifs is 16. The fourth-order valence-electron chi connectivity index (χ4n) is 10.4. The minimum Gasteiger partial charge on any atom is -0.307 e. The summed E-state index contributed by atoms with van der Waals surface area (Å²) in [7, 11) is 0. The van der Waals surface area contributed by atoms with E-state index in [2.05, 4.69) is 193 Å². The number of aromatic nitrogens is 4. The van der Waals surface area contributed by atoms with Crippen LogP contribution in [0, 0.1) is 0 Å². The van der Waals surface area contributed by atoms with Crippen molar-refractivity contribution >= 4 is 70.7 Å². The molecule has 0 saturated heterocycles. The predicted molar refractivity (Wildman–Crippen MR) is 237 cm³/mol. The molecule has 1 aliphatic rings. The van der Waals surface area contributed by atoms with Crippen molar-refractivity contribution in [2.75, 3.05) is 0 Å². The molecule has 0 atom stereocenters. The number of benzene rings is 8. The van der Waals surface area contributed by atoms with Gasteiger partial charge in [0.25, 0.3) is 0 Å². The van der Waals surface area contributed by atoms with Gasteiger partial charge in [-0.15, -0.1) is 0 Å². The van der Waals surface area contributed by atoms with Crippen molar-refractivity contribution < 1.29 is 0 Å².